The fraction of sp³-hybridized carbons (Fsp3) is 0.423. The number of nitrogens with zero attached hydrogens (tertiary/aromatic N) is 5. The van der Waals surface area contributed by atoms with Gasteiger partial charge in [-0.3, -0.25) is 14.6 Å². The number of likely N-dealkylation sites (N-methyl/N-ethyl adjacent to an activating group) is 1. The van der Waals surface area contributed by atoms with E-state index in [0.717, 1.165) is 66.4 Å². The number of hydrogen-bond donors (Lipinski definition) is 1. The van der Waals surface area contributed by atoms with Crippen LogP contribution in [-0.2, 0) is 10.0 Å². The molecule has 190 valence electrons. The van der Waals surface area contributed by atoms with E-state index in [0.29, 0.717) is 11.6 Å². The third kappa shape index (κ3) is 5.53. The lowest BCUT2D eigenvalue weighted by Crippen LogP contribution is -2.51. The maximum atomic E-state index is 11.9. The van der Waals surface area contributed by atoms with E-state index < -0.39 is 10.0 Å². The van der Waals surface area contributed by atoms with Crippen LogP contribution in [0.25, 0.3) is 22.0 Å². The molecule has 10 heteroatoms. The van der Waals surface area contributed by atoms with E-state index in [1.165, 1.54) is 13.5 Å². The summed E-state index contributed by atoms with van der Waals surface area (Å²) in [5.74, 6) is 0.189. The molecule has 9 nitrogen and oxygen atoms in total. The van der Waals surface area contributed by atoms with Crippen LogP contribution < -0.4 is 14.4 Å². The van der Waals surface area contributed by atoms with E-state index >= 15 is 0 Å². The summed E-state index contributed by atoms with van der Waals surface area (Å²) in [6.45, 7) is 4.80. The van der Waals surface area contributed by atoms with Crippen molar-refractivity contribution in [3.63, 3.8) is 0 Å². The maximum Gasteiger partial charge on any atom is 0.238 e. The van der Waals surface area contributed by atoms with Crippen molar-refractivity contribution in [1.29, 1.82) is 5.26 Å². The number of ether oxygens (including phenoxy) is 1. The first-order valence-corrected chi connectivity index (χ1v) is 13.9. The highest BCUT2D eigenvalue weighted by atomic mass is 32.2. The second-order valence-corrected chi connectivity index (χ2v) is 11.0. The van der Waals surface area contributed by atoms with E-state index in [1.807, 2.05) is 18.2 Å². The van der Waals surface area contributed by atoms with Gasteiger partial charge in [-0.2, -0.15) is 5.26 Å². The number of anilines is 2. The summed E-state index contributed by atoms with van der Waals surface area (Å²) in [7, 11) is 0.0953. The van der Waals surface area contributed by atoms with Gasteiger partial charge in [0, 0.05) is 49.0 Å². The Labute approximate surface area is 212 Å². The number of benzene rings is 1. The van der Waals surface area contributed by atoms with Crippen LogP contribution in [-0.4, -0.2) is 69.4 Å². The van der Waals surface area contributed by atoms with Gasteiger partial charge in [0.2, 0.25) is 15.9 Å². The maximum absolute atomic E-state index is 11.9. The average Bonchev–Trinajstić information content (AvgIpc) is 2.86. The van der Waals surface area contributed by atoms with Crippen molar-refractivity contribution in [1.82, 2.24) is 14.9 Å². The van der Waals surface area contributed by atoms with Gasteiger partial charge in [-0.05, 0) is 37.2 Å². The molecule has 1 fully saturated rings. The molecular formula is C26H32N6O3S. The molecule has 1 saturated heterocycles. The summed E-state index contributed by atoms with van der Waals surface area (Å²) in [5, 5.41) is 10.8. The number of nitriles is 1. The number of rotatable bonds is 8. The molecule has 1 unspecified atom stereocenters. The predicted molar refractivity (Wildman–Crippen MR) is 143 cm³/mol. The van der Waals surface area contributed by atoms with Crippen LogP contribution in [0.15, 0.2) is 36.7 Å². The molecule has 36 heavy (non-hydrogen) atoms. The summed E-state index contributed by atoms with van der Waals surface area (Å²) >= 11 is 0. The summed E-state index contributed by atoms with van der Waals surface area (Å²) < 4.78 is 31.4. The predicted octanol–water partition coefficient (Wildman–Crippen LogP) is 3.86. The van der Waals surface area contributed by atoms with Crippen LogP contribution in [0.3, 0.4) is 0 Å². The van der Waals surface area contributed by atoms with Crippen LogP contribution in [0.5, 0.6) is 5.88 Å². The highest BCUT2D eigenvalue weighted by molar-refractivity contribution is 7.92. The SMILES string of the molecule is CCCCC1CN(c2c(C#N)cnc3ccc(-c4cnc(OC)c(NS(C)(=O)=O)c4)cc23)CCN1C. The molecule has 1 aliphatic heterocycles. The van der Waals surface area contributed by atoms with Gasteiger partial charge in [0.1, 0.15) is 11.8 Å². The zero-order valence-electron chi connectivity index (χ0n) is 21.2. The number of aromatic nitrogens is 2. The van der Waals surface area contributed by atoms with E-state index in [4.69, 9.17) is 4.74 Å². The smallest absolute Gasteiger partial charge is 0.238 e. The lowest BCUT2D eigenvalue weighted by atomic mass is 10.00. The first-order chi connectivity index (χ1) is 17.2. The summed E-state index contributed by atoms with van der Waals surface area (Å²) in [6, 6.07) is 10.3. The Morgan fingerprint density at radius 3 is 2.69 bits per heavy atom. The Morgan fingerprint density at radius 1 is 1.19 bits per heavy atom. The number of hydrogen-bond acceptors (Lipinski definition) is 8. The quantitative estimate of drug-likeness (QED) is 0.488. The van der Waals surface area contributed by atoms with Gasteiger partial charge in [0.15, 0.2) is 0 Å². The lowest BCUT2D eigenvalue weighted by Gasteiger charge is -2.41. The standard InChI is InChI=1S/C26H32N6O3S/c1-5-6-7-21-17-32(11-10-31(21)2)25-20(14-27)16-28-23-9-8-18(12-22(23)25)19-13-24(30-36(4,33)34)26(35-3)29-15-19/h8-9,12-13,15-16,21,30H,5-7,10-11,17H2,1-4H3. The number of nitrogens with one attached hydrogen (secondary N) is 1. The zero-order chi connectivity index (χ0) is 25.9. The largest absolute Gasteiger partial charge is 0.480 e. The first kappa shape index (κ1) is 25.7. The van der Waals surface area contributed by atoms with Crippen LogP contribution in [0.1, 0.15) is 31.7 Å². The van der Waals surface area contributed by atoms with Crippen LogP contribution in [0, 0.1) is 11.3 Å². The number of sulfonamides is 1. The molecule has 0 saturated carbocycles. The Bertz CT molecular complexity index is 1400. The van der Waals surface area contributed by atoms with Gasteiger partial charge in [0.05, 0.1) is 30.1 Å². The van der Waals surface area contributed by atoms with Crippen molar-refractivity contribution < 1.29 is 13.2 Å². The normalized spacial score (nSPS) is 16.6. The van der Waals surface area contributed by atoms with Crippen molar-refractivity contribution in [3.05, 3.63) is 42.2 Å². The Kier molecular flexibility index (Phi) is 7.62. The van der Waals surface area contributed by atoms with E-state index in [1.54, 1.807) is 18.5 Å². The molecule has 3 heterocycles. The minimum Gasteiger partial charge on any atom is -0.480 e. The fourth-order valence-corrected chi connectivity index (χ4v) is 5.27. The van der Waals surface area contributed by atoms with E-state index in [-0.39, 0.29) is 11.6 Å². The monoisotopic (exact) mass is 508 g/mol. The number of pyridine rings is 2. The van der Waals surface area contributed by atoms with Gasteiger partial charge in [-0.15, -0.1) is 0 Å². The summed E-state index contributed by atoms with van der Waals surface area (Å²) in [6.07, 6.45) is 7.82. The fourth-order valence-electron chi connectivity index (χ4n) is 4.73. The Morgan fingerprint density at radius 2 is 2.00 bits per heavy atom. The molecule has 0 spiro atoms. The number of fused-ring (bicyclic) bond motifs is 1. The van der Waals surface area contributed by atoms with Crippen molar-refractivity contribution in [3.8, 4) is 23.1 Å². The lowest BCUT2D eigenvalue weighted by molar-refractivity contribution is 0.205. The highest BCUT2D eigenvalue weighted by Gasteiger charge is 2.27. The number of unbranched alkanes of at least 4 members (excludes halogenated alkanes) is 1. The van der Waals surface area contributed by atoms with Crippen LogP contribution >= 0.6 is 0 Å². The zero-order valence-corrected chi connectivity index (χ0v) is 22.0. The summed E-state index contributed by atoms with van der Waals surface area (Å²) in [5.41, 5.74) is 4.06. The average molecular weight is 509 g/mol. The first-order valence-electron chi connectivity index (χ1n) is 12.0. The van der Waals surface area contributed by atoms with Crippen molar-refractivity contribution in [2.24, 2.45) is 0 Å². The molecule has 0 amide bonds. The number of piperazine rings is 1. The van der Waals surface area contributed by atoms with E-state index in [9.17, 15) is 13.7 Å². The third-order valence-corrected chi connectivity index (χ3v) is 7.21. The van der Waals surface area contributed by atoms with Crippen molar-refractivity contribution in [2.45, 2.75) is 32.2 Å². The van der Waals surface area contributed by atoms with Gasteiger partial charge in [-0.1, -0.05) is 25.8 Å². The van der Waals surface area contributed by atoms with Crippen LogP contribution in [0.4, 0.5) is 11.4 Å². The molecule has 0 bridgehead atoms. The molecule has 1 atom stereocenters. The molecule has 0 radical (unpaired) electrons. The second-order valence-electron chi connectivity index (χ2n) is 9.24. The number of methoxy groups -OCH3 is 1. The van der Waals surface area contributed by atoms with Gasteiger partial charge in [0.25, 0.3) is 0 Å². The molecule has 4 rings (SSSR count). The molecule has 0 aliphatic carbocycles. The van der Waals surface area contributed by atoms with Gasteiger partial charge >= 0.3 is 0 Å². The molecule has 2 aromatic heterocycles. The minimum atomic E-state index is -3.52. The van der Waals surface area contributed by atoms with Gasteiger partial charge in [-0.25, -0.2) is 13.4 Å². The van der Waals surface area contributed by atoms with E-state index in [2.05, 4.69) is 44.5 Å². The molecule has 3 aromatic rings. The van der Waals surface area contributed by atoms with Crippen LogP contribution in [0.2, 0.25) is 0 Å². The summed E-state index contributed by atoms with van der Waals surface area (Å²) in [4.78, 5) is 13.6. The Balaban J connectivity index is 1.80. The third-order valence-electron chi connectivity index (χ3n) is 6.62. The molecular weight excluding hydrogens is 476 g/mol. The van der Waals surface area contributed by atoms with Gasteiger partial charge < -0.3 is 9.64 Å². The van der Waals surface area contributed by atoms with Crippen molar-refractivity contribution in [2.75, 3.05) is 49.7 Å². The second kappa shape index (κ2) is 10.7. The minimum absolute atomic E-state index is 0.189. The highest BCUT2D eigenvalue weighted by Crippen LogP contribution is 2.35. The topological polar surface area (TPSA) is 111 Å². The Hall–Kier alpha value is -3.42. The molecule has 1 aliphatic rings. The van der Waals surface area contributed by atoms with Crippen molar-refractivity contribution >= 4 is 32.3 Å². The molecule has 1 aromatic carbocycles. The molecule has 1 N–H and O–H groups in total.